The monoisotopic (exact) mass is 255 g/mol. The third-order valence-electron chi connectivity index (χ3n) is 3.59. The number of anilines is 2. The van der Waals surface area contributed by atoms with E-state index < -0.39 is 0 Å². The Morgan fingerprint density at radius 2 is 2.16 bits per heavy atom. The summed E-state index contributed by atoms with van der Waals surface area (Å²) in [5.41, 5.74) is 4.02. The molecule has 0 spiro atoms. The van der Waals surface area contributed by atoms with Crippen molar-refractivity contribution in [2.75, 3.05) is 5.32 Å². The molecule has 1 aliphatic rings. The first kappa shape index (κ1) is 12.0. The second-order valence-electron chi connectivity index (χ2n) is 4.83. The Kier molecular flexibility index (Phi) is 3.07. The summed E-state index contributed by atoms with van der Waals surface area (Å²) in [6, 6.07) is 8.08. The van der Waals surface area contributed by atoms with Crippen molar-refractivity contribution in [3.05, 3.63) is 51.4 Å². The third kappa shape index (κ3) is 2.26. The number of aromatic nitrogens is 2. The summed E-state index contributed by atoms with van der Waals surface area (Å²) in [5.74, 6) is 0.548. The molecule has 0 saturated carbocycles. The van der Waals surface area contributed by atoms with Crippen molar-refractivity contribution < 1.29 is 0 Å². The van der Waals surface area contributed by atoms with Gasteiger partial charge in [0.1, 0.15) is 0 Å². The van der Waals surface area contributed by atoms with Crippen LogP contribution in [-0.4, -0.2) is 9.97 Å². The van der Waals surface area contributed by atoms with E-state index in [2.05, 4.69) is 28.3 Å². The van der Waals surface area contributed by atoms with Gasteiger partial charge in [0.05, 0.1) is 5.69 Å². The summed E-state index contributed by atoms with van der Waals surface area (Å²) in [6.45, 7) is 2.11. The summed E-state index contributed by atoms with van der Waals surface area (Å²) in [5, 5.41) is 3.23. The molecule has 0 saturated heterocycles. The number of rotatable bonds is 3. The molecule has 0 aliphatic heterocycles. The second-order valence-corrected chi connectivity index (χ2v) is 4.83. The highest BCUT2D eigenvalue weighted by molar-refractivity contribution is 5.58. The van der Waals surface area contributed by atoms with E-state index in [0.29, 0.717) is 5.95 Å². The maximum Gasteiger partial charge on any atom is 0.255 e. The van der Waals surface area contributed by atoms with E-state index in [9.17, 15) is 4.79 Å². The van der Waals surface area contributed by atoms with Crippen LogP contribution >= 0.6 is 0 Å². The van der Waals surface area contributed by atoms with Gasteiger partial charge < -0.3 is 5.32 Å². The molecule has 0 bridgehead atoms. The van der Waals surface area contributed by atoms with E-state index in [0.717, 1.165) is 42.6 Å². The molecule has 0 unspecified atom stereocenters. The second kappa shape index (κ2) is 4.88. The molecule has 3 rings (SSSR count). The minimum Gasteiger partial charge on any atom is -0.325 e. The Bertz CT molecular complexity index is 661. The van der Waals surface area contributed by atoms with Gasteiger partial charge in [-0.25, -0.2) is 4.98 Å². The Labute approximate surface area is 111 Å². The van der Waals surface area contributed by atoms with Gasteiger partial charge in [-0.05, 0) is 37.3 Å². The van der Waals surface area contributed by atoms with Crippen LogP contribution in [0.2, 0.25) is 0 Å². The van der Waals surface area contributed by atoms with Crippen LogP contribution in [0.25, 0.3) is 0 Å². The SMILES string of the molecule is CCc1ccccc1Nc1nc2c(c(=O)[nH]1)CCC2. The van der Waals surface area contributed by atoms with Crippen LogP contribution in [0.5, 0.6) is 0 Å². The molecule has 1 heterocycles. The summed E-state index contributed by atoms with van der Waals surface area (Å²) in [6.07, 6.45) is 3.73. The molecule has 1 aliphatic carbocycles. The summed E-state index contributed by atoms with van der Waals surface area (Å²) in [4.78, 5) is 19.3. The highest BCUT2D eigenvalue weighted by Gasteiger charge is 2.17. The molecule has 0 radical (unpaired) electrons. The minimum absolute atomic E-state index is 0.000945. The largest absolute Gasteiger partial charge is 0.325 e. The average Bonchev–Trinajstić information content (AvgIpc) is 2.88. The number of aryl methyl sites for hydroxylation is 2. The van der Waals surface area contributed by atoms with E-state index in [1.54, 1.807) is 0 Å². The molecule has 4 heteroatoms. The van der Waals surface area contributed by atoms with Gasteiger partial charge in [0.25, 0.3) is 5.56 Å². The van der Waals surface area contributed by atoms with Crippen LogP contribution in [-0.2, 0) is 19.3 Å². The van der Waals surface area contributed by atoms with Gasteiger partial charge in [-0.2, -0.15) is 0 Å². The highest BCUT2D eigenvalue weighted by atomic mass is 16.1. The van der Waals surface area contributed by atoms with E-state index in [4.69, 9.17) is 0 Å². The Balaban J connectivity index is 1.96. The first-order chi connectivity index (χ1) is 9.28. The van der Waals surface area contributed by atoms with E-state index >= 15 is 0 Å². The minimum atomic E-state index is -0.000945. The van der Waals surface area contributed by atoms with Crippen molar-refractivity contribution in [2.24, 2.45) is 0 Å². The number of hydrogen-bond acceptors (Lipinski definition) is 3. The maximum absolute atomic E-state index is 11.9. The standard InChI is InChI=1S/C15H17N3O/c1-2-10-6-3-4-8-12(10)16-15-17-13-9-5-7-11(13)14(19)18-15/h3-4,6,8H,2,5,7,9H2,1H3,(H2,16,17,18,19). The zero-order valence-electron chi connectivity index (χ0n) is 11.0. The van der Waals surface area contributed by atoms with Gasteiger partial charge >= 0.3 is 0 Å². The first-order valence-corrected chi connectivity index (χ1v) is 6.75. The van der Waals surface area contributed by atoms with Crippen LogP contribution in [0.3, 0.4) is 0 Å². The fourth-order valence-electron chi connectivity index (χ4n) is 2.58. The van der Waals surface area contributed by atoms with Crippen LogP contribution in [0.4, 0.5) is 11.6 Å². The van der Waals surface area contributed by atoms with Gasteiger partial charge in [0.2, 0.25) is 5.95 Å². The van der Waals surface area contributed by atoms with Gasteiger partial charge in [-0.3, -0.25) is 9.78 Å². The molecule has 1 aromatic carbocycles. The van der Waals surface area contributed by atoms with E-state index in [-0.39, 0.29) is 5.56 Å². The van der Waals surface area contributed by atoms with E-state index in [1.807, 2.05) is 18.2 Å². The van der Waals surface area contributed by atoms with Gasteiger partial charge in [0, 0.05) is 11.3 Å². The molecule has 1 aromatic heterocycles. The molecule has 98 valence electrons. The number of aromatic amines is 1. The molecular weight excluding hydrogens is 238 g/mol. The molecule has 0 atom stereocenters. The number of benzene rings is 1. The molecule has 2 aromatic rings. The number of nitrogens with one attached hydrogen (secondary N) is 2. The predicted octanol–water partition coefficient (Wildman–Crippen LogP) is 2.56. The Morgan fingerprint density at radius 3 is 3.00 bits per heavy atom. The van der Waals surface area contributed by atoms with Gasteiger partial charge in [-0.15, -0.1) is 0 Å². The topological polar surface area (TPSA) is 57.8 Å². The van der Waals surface area contributed by atoms with Gasteiger partial charge in [-0.1, -0.05) is 25.1 Å². The number of nitrogens with zero attached hydrogens (tertiary/aromatic N) is 1. The van der Waals surface area contributed by atoms with Crippen LogP contribution < -0.4 is 10.9 Å². The maximum atomic E-state index is 11.9. The molecular formula is C15H17N3O. The molecule has 4 nitrogen and oxygen atoms in total. The number of hydrogen-bond donors (Lipinski definition) is 2. The van der Waals surface area contributed by atoms with Crippen molar-refractivity contribution in [1.29, 1.82) is 0 Å². The van der Waals surface area contributed by atoms with Crippen LogP contribution in [0.15, 0.2) is 29.1 Å². The Hall–Kier alpha value is -2.10. The summed E-state index contributed by atoms with van der Waals surface area (Å²) < 4.78 is 0. The fraction of sp³-hybridized carbons (Fsp3) is 0.333. The quantitative estimate of drug-likeness (QED) is 0.886. The Morgan fingerprint density at radius 1 is 1.32 bits per heavy atom. The molecule has 0 amide bonds. The van der Waals surface area contributed by atoms with Crippen molar-refractivity contribution in [3.63, 3.8) is 0 Å². The molecule has 2 N–H and O–H groups in total. The number of fused-ring (bicyclic) bond motifs is 1. The lowest BCUT2D eigenvalue weighted by Crippen LogP contribution is -2.16. The highest BCUT2D eigenvalue weighted by Crippen LogP contribution is 2.21. The van der Waals surface area contributed by atoms with Crippen LogP contribution in [0, 0.1) is 0 Å². The normalized spacial score (nSPS) is 13.3. The zero-order chi connectivity index (χ0) is 13.2. The first-order valence-electron chi connectivity index (χ1n) is 6.75. The summed E-state index contributed by atoms with van der Waals surface area (Å²) in [7, 11) is 0. The predicted molar refractivity (Wildman–Crippen MR) is 76.0 cm³/mol. The fourth-order valence-corrected chi connectivity index (χ4v) is 2.58. The van der Waals surface area contributed by atoms with Crippen molar-refractivity contribution >= 4 is 11.6 Å². The van der Waals surface area contributed by atoms with Crippen LogP contribution in [0.1, 0.15) is 30.2 Å². The van der Waals surface area contributed by atoms with Gasteiger partial charge in [0.15, 0.2) is 0 Å². The lowest BCUT2D eigenvalue weighted by atomic mass is 10.1. The molecule has 19 heavy (non-hydrogen) atoms. The number of H-pyrrole nitrogens is 1. The lowest BCUT2D eigenvalue weighted by molar-refractivity contribution is 0.899. The zero-order valence-corrected chi connectivity index (χ0v) is 11.0. The molecule has 0 fully saturated rings. The lowest BCUT2D eigenvalue weighted by Gasteiger charge is -2.10. The van der Waals surface area contributed by atoms with E-state index in [1.165, 1.54) is 5.56 Å². The van der Waals surface area contributed by atoms with Crippen molar-refractivity contribution in [3.8, 4) is 0 Å². The summed E-state index contributed by atoms with van der Waals surface area (Å²) >= 11 is 0. The average molecular weight is 255 g/mol. The number of para-hydroxylation sites is 1. The third-order valence-corrected chi connectivity index (χ3v) is 3.59. The smallest absolute Gasteiger partial charge is 0.255 e. The van der Waals surface area contributed by atoms with Crippen molar-refractivity contribution in [2.45, 2.75) is 32.6 Å². The van der Waals surface area contributed by atoms with Crippen molar-refractivity contribution in [1.82, 2.24) is 9.97 Å².